The van der Waals surface area contributed by atoms with Crippen molar-refractivity contribution in [3.63, 3.8) is 0 Å². The van der Waals surface area contributed by atoms with Crippen LogP contribution in [-0.2, 0) is 0 Å². The molecule has 142 valence electrons. The second-order valence-corrected chi connectivity index (χ2v) is 6.61. The molecule has 1 amide bonds. The van der Waals surface area contributed by atoms with Crippen molar-refractivity contribution in [2.24, 2.45) is 0 Å². The zero-order valence-corrected chi connectivity index (χ0v) is 15.0. The molecule has 3 aromatic rings. The topological polar surface area (TPSA) is 98.5 Å². The van der Waals surface area contributed by atoms with Gasteiger partial charge in [-0.3, -0.25) is 14.9 Å². The Kier molecular flexibility index (Phi) is 4.84. The minimum absolute atomic E-state index is 0.0276. The van der Waals surface area contributed by atoms with Gasteiger partial charge >= 0.3 is 0 Å². The van der Waals surface area contributed by atoms with E-state index < -0.39 is 4.92 Å². The highest BCUT2D eigenvalue weighted by molar-refractivity contribution is 5.94. The van der Waals surface area contributed by atoms with E-state index in [2.05, 4.69) is 9.97 Å². The summed E-state index contributed by atoms with van der Waals surface area (Å²) in [6.45, 7) is 1.11. The summed E-state index contributed by atoms with van der Waals surface area (Å²) < 4.78 is 5.95. The summed E-state index contributed by atoms with van der Waals surface area (Å²) in [6.07, 6.45) is 2.97. The first-order chi connectivity index (χ1) is 13.6. The lowest BCUT2D eigenvalue weighted by atomic mass is 10.1. The summed E-state index contributed by atoms with van der Waals surface area (Å²) in [5.74, 6) is 0.359. The van der Waals surface area contributed by atoms with Crippen LogP contribution in [0.3, 0.4) is 0 Å². The Morgan fingerprint density at radius 1 is 1.07 bits per heavy atom. The number of para-hydroxylation sites is 2. The number of likely N-dealkylation sites (tertiary alicyclic amines) is 1. The summed E-state index contributed by atoms with van der Waals surface area (Å²) in [5, 5.41) is 10.7. The third-order valence-corrected chi connectivity index (χ3v) is 4.77. The summed E-state index contributed by atoms with van der Waals surface area (Å²) in [4.78, 5) is 33.4. The molecular weight excluding hydrogens is 360 g/mol. The number of fused-ring (bicyclic) bond motifs is 1. The van der Waals surface area contributed by atoms with Gasteiger partial charge in [0, 0.05) is 43.6 Å². The van der Waals surface area contributed by atoms with Gasteiger partial charge in [0.1, 0.15) is 6.10 Å². The lowest BCUT2D eigenvalue weighted by Gasteiger charge is -2.32. The number of benzene rings is 2. The van der Waals surface area contributed by atoms with Gasteiger partial charge in [0.15, 0.2) is 0 Å². The van der Waals surface area contributed by atoms with Crippen LogP contribution >= 0.6 is 0 Å². The fourth-order valence-electron chi connectivity index (χ4n) is 3.25. The SMILES string of the molecule is O=C(c1ccc([N+](=O)[O-])cc1)N1CCC(Oc2cnc3ccccc3n2)CC1. The molecule has 4 rings (SSSR count). The fraction of sp³-hybridized carbons (Fsp3) is 0.250. The van der Waals surface area contributed by atoms with Crippen molar-refractivity contribution in [1.29, 1.82) is 0 Å². The van der Waals surface area contributed by atoms with Gasteiger partial charge in [-0.25, -0.2) is 9.97 Å². The van der Waals surface area contributed by atoms with Gasteiger partial charge < -0.3 is 9.64 Å². The maximum atomic E-state index is 12.6. The van der Waals surface area contributed by atoms with Gasteiger partial charge in [-0.15, -0.1) is 0 Å². The van der Waals surface area contributed by atoms with Crippen molar-refractivity contribution in [1.82, 2.24) is 14.9 Å². The van der Waals surface area contributed by atoms with Crippen LogP contribution in [0.1, 0.15) is 23.2 Å². The van der Waals surface area contributed by atoms with E-state index in [1.165, 1.54) is 24.3 Å². The summed E-state index contributed by atoms with van der Waals surface area (Å²) in [7, 11) is 0. The molecule has 0 unspecified atom stereocenters. The molecule has 8 heteroatoms. The molecule has 0 atom stereocenters. The maximum absolute atomic E-state index is 12.6. The van der Waals surface area contributed by atoms with Gasteiger partial charge in [-0.05, 0) is 24.3 Å². The van der Waals surface area contributed by atoms with Crippen molar-refractivity contribution >= 4 is 22.6 Å². The first kappa shape index (κ1) is 17.8. The predicted octanol–water partition coefficient (Wildman–Crippen LogP) is 3.22. The lowest BCUT2D eigenvalue weighted by Crippen LogP contribution is -2.41. The average molecular weight is 378 g/mol. The number of nitro benzene ring substituents is 1. The third kappa shape index (κ3) is 3.75. The first-order valence-corrected chi connectivity index (χ1v) is 9.02. The first-order valence-electron chi connectivity index (χ1n) is 9.02. The molecule has 1 aliphatic rings. The molecule has 1 saturated heterocycles. The van der Waals surface area contributed by atoms with Crippen molar-refractivity contribution < 1.29 is 14.5 Å². The van der Waals surface area contributed by atoms with Gasteiger partial charge in [0.25, 0.3) is 11.6 Å². The van der Waals surface area contributed by atoms with Crippen LogP contribution in [0.5, 0.6) is 5.88 Å². The number of nitro groups is 1. The molecule has 1 aliphatic heterocycles. The van der Waals surface area contributed by atoms with Crippen molar-refractivity contribution in [2.75, 3.05) is 13.1 Å². The standard InChI is InChI=1S/C20H18N4O4/c25-20(14-5-7-15(8-6-14)24(26)27)23-11-9-16(10-12-23)28-19-13-21-17-3-1-2-4-18(17)22-19/h1-8,13,16H,9-12H2. The number of carbonyl (C=O) groups excluding carboxylic acids is 1. The number of aromatic nitrogens is 2. The molecule has 8 nitrogen and oxygen atoms in total. The molecule has 0 radical (unpaired) electrons. The smallest absolute Gasteiger partial charge is 0.269 e. The largest absolute Gasteiger partial charge is 0.473 e. The molecule has 2 aromatic carbocycles. The number of non-ortho nitro benzene ring substituents is 1. The zero-order chi connectivity index (χ0) is 19.5. The van der Waals surface area contributed by atoms with Crippen molar-refractivity contribution in [2.45, 2.75) is 18.9 Å². The van der Waals surface area contributed by atoms with E-state index in [1.807, 2.05) is 24.3 Å². The minimum atomic E-state index is -0.479. The Bertz CT molecular complexity index is 1010. The number of nitrogens with zero attached hydrogens (tertiary/aromatic N) is 4. The quantitative estimate of drug-likeness (QED) is 0.511. The van der Waals surface area contributed by atoms with E-state index in [4.69, 9.17) is 4.74 Å². The molecule has 28 heavy (non-hydrogen) atoms. The molecule has 0 aliphatic carbocycles. The van der Waals surface area contributed by atoms with Gasteiger partial charge in [0.05, 0.1) is 22.2 Å². The third-order valence-electron chi connectivity index (χ3n) is 4.77. The number of rotatable bonds is 4. The van der Waals surface area contributed by atoms with Crippen LogP contribution in [0.25, 0.3) is 11.0 Å². The molecule has 1 aromatic heterocycles. The van der Waals surface area contributed by atoms with Crippen LogP contribution in [0.15, 0.2) is 54.7 Å². The van der Waals surface area contributed by atoms with Crippen LogP contribution in [0, 0.1) is 10.1 Å². The fourth-order valence-corrected chi connectivity index (χ4v) is 3.25. The maximum Gasteiger partial charge on any atom is 0.269 e. The van der Waals surface area contributed by atoms with E-state index in [0.29, 0.717) is 37.4 Å². The van der Waals surface area contributed by atoms with Crippen LogP contribution < -0.4 is 4.74 Å². The van der Waals surface area contributed by atoms with Crippen LogP contribution in [-0.4, -0.2) is 44.9 Å². The van der Waals surface area contributed by atoms with E-state index in [9.17, 15) is 14.9 Å². The number of hydrogen-bond acceptors (Lipinski definition) is 6. The molecule has 0 saturated carbocycles. The minimum Gasteiger partial charge on any atom is -0.473 e. The molecule has 1 fully saturated rings. The van der Waals surface area contributed by atoms with E-state index in [1.54, 1.807) is 11.1 Å². The number of carbonyl (C=O) groups is 1. The van der Waals surface area contributed by atoms with E-state index >= 15 is 0 Å². The highest BCUT2D eigenvalue weighted by Crippen LogP contribution is 2.21. The second-order valence-electron chi connectivity index (χ2n) is 6.61. The predicted molar refractivity (Wildman–Crippen MR) is 102 cm³/mol. The zero-order valence-electron chi connectivity index (χ0n) is 15.0. The van der Waals surface area contributed by atoms with Crippen molar-refractivity contribution in [3.05, 3.63) is 70.4 Å². The van der Waals surface area contributed by atoms with Gasteiger partial charge in [-0.1, -0.05) is 12.1 Å². The monoisotopic (exact) mass is 378 g/mol. The van der Waals surface area contributed by atoms with Gasteiger partial charge in [-0.2, -0.15) is 0 Å². The number of ether oxygens (including phenoxy) is 1. The highest BCUT2D eigenvalue weighted by atomic mass is 16.6. The molecule has 2 heterocycles. The molecule has 0 spiro atoms. The van der Waals surface area contributed by atoms with Crippen LogP contribution in [0.2, 0.25) is 0 Å². The van der Waals surface area contributed by atoms with Crippen molar-refractivity contribution in [3.8, 4) is 5.88 Å². The number of hydrogen-bond donors (Lipinski definition) is 0. The Morgan fingerprint density at radius 3 is 2.43 bits per heavy atom. The average Bonchev–Trinajstić information content (AvgIpc) is 2.74. The van der Waals surface area contributed by atoms with Gasteiger partial charge in [0.2, 0.25) is 5.88 Å². The molecule has 0 N–H and O–H groups in total. The highest BCUT2D eigenvalue weighted by Gasteiger charge is 2.25. The van der Waals surface area contributed by atoms with Crippen LogP contribution in [0.4, 0.5) is 5.69 Å². The van der Waals surface area contributed by atoms with E-state index in [-0.39, 0.29) is 17.7 Å². The Balaban J connectivity index is 1.35. The second kappa shape index (κ2) is 7.59. The number of piperidine rings is 1. The summed E-state index contributed by atoms with van der Waals surface area (Å²) in [5.41, 5.74) is 2.02. The van der Waals surface area contributed by atoms with E-state index in [0.717, 1.165) is 11.0 Å². The number of amides is 1. The Hall–Kier alpha value is -3.55. The Morgan fingerprint density at radius 2 is 1.75 bits per heavy atom. The summed E-state index contributed by atoms with van der Waals surface area (Å²) >= 11 is 0. The molecular formula is C20H18N4O4. The lowest BCUT2D eigenvalue weighted by molar-refractivity contribution is -0.384. The Labute approximate surface area is 160 Å². The molecule has 0 bridgehead atoms. The summed E-state index contributed by atoms with van der Waals surface area (Å²) in [6, 6.07) is 13.3. The normalized spacial score (nSPS) is 14.8.